The van der Waals surface area contributed by atoms with E-state index in [4.69, 9.17) is 28.4 Å². The summed E-state index contributed by atoms with van der Waals surface area (Å²) in [6.07, 6.45) is 0.0349. The zero-order valence-corrected chi connectivity index (χ0v) is 36.1. The standard InChI is InChI=1S/C43H75NO18/c1-3-4-5-6-7-8-9-10-11-12-13-14-15-16-17-18-19-20-21-28(49)27(44-26(2)48)25-57-41-37(55)34(52)39(30(23-46)59-41)62-43-38(56)35(53)40(31(24-47)60-43)61-42-36(54)33(51)32(50)29(22-45)58-42/h12-13,16-17,20-21,27-43,45-47,49-56H,3-11,14-15,18-19,22-25H2,1-2H3,(H,44,48)/b13-12+,17-16+,21-20+. The quantitative estimate of drug-likeness (QED) is 0.0334. The molecule has 3 aliphatic rings. The number of rotatable bonds is 28. The Morgan fingerprint density at radius 3 is 1.52 bits per heavy atom. The highest BCUT2D eigenvalue weighted by Gasteiger charge is 2.53. The van der Waals surface area contributed by atoms with Gasteiger partial charge >= 0.3 is 0 Å². The minimum atomic E-state index is -1.98. The predicted molar refractivity (Wildman–Crippen MR) is 222 cm³/mol. The van der Waals surface area contributed by atoms with Crippen LogP contribution in [0.25, 0.3) is 0 Å². The van der Waals surface area contributed by atoms with Crippen LogP contribution in [0.1, 0.15) is 97.3 Å². The van der Waals surface area contributed by atoms with Gasteiger partial charge in [0.15, 0.2) is 18.9 Å². The van der Waals surface area contributed by atoms with Gasteiger partial charge in [0, 0.05) is 6.92 Å². The number of aliphatic hydroxyl groups excluding tert-OH is 11. The highest BCUT2D eigenvalue weighted by Crippen LogP contribution is 2.32. The molecule has 62 heavy (non-hydrogen) atoms. The summed E-state index contributed by atoms with van der Waals surface area (Å²) in [7, 11) is 0. The van der Waals surface area contributed by atoms with Crippen LogP contribution in [0, 0.1) is 0 Å². The maximum absolute atomic E-state index is 12.0. The van der Waals surface area contributed by atoms with Crippen LogP contribution in [0.2, 0.25) is 0 Å². The lowest BCUT2D eigenvalue weighted by Gasteiger charge is -2.48. The first-order valence-electron chi connectivity index (χ1n) is 22.2. The van der Waals surface area contributed by atoms with Gasteiger partial charge in [-0.1, -0.05) is 88.3 Å². The van der Waals surface area contributed by atoms with Crippen molar-refractivity contribution in [2.24, 2.45) is 0 Å². The van der Waals surface area contributed by atoms with Crippen LogP contribution < -0.4 is 5.32 Å². The Balaban J connectivity index is 1.46. The molecule has 1 amide bonds. The van der Waals surface area contributed by atoms with E-state index < -0.39 is 130 Å². The molecule has 19 heteroatoms. The van der Waals surface area contributed by atoms with E-state index in [0.717, 1.165) is 25.7 Å². The van der Waals surface area contributed by atoms with E-state index in [2.05, 4.69) is 36.5 Å². The molecule has 0 saturated carbocycles. The monoisotopic (exact) mass is 893 g/mol. The average Bonchev–Trinajstić information content (AvgIpc) is 3.26. The van der Waals surface area contributed by atoms with E-state index in [0.29, 0.717) is 6.42 Å². The smallest absolute Gasteiger partial charge is 0.217 e. The van der Waals surface area contributed by atoms with E-state index in [1.165, 1.54) is 64.4 Å². The maximum Gasteiger partial charge on any atom is 0.217 e. The Morgan fingerprint density at radius 2 is 1.00 bits per heavy atom. The number of ether oxygens (including phenoxy) is 6. The molecule has 3 saturated heterocycles. The van der Waals surface area contributed by atoms with Crippen molar-refractivity contribution in [3.63, 3.8) is 0 Å². The topological polar surface area (TPSA) is 307 Å². The number of allylic oxidation sites excluding steroid dienone is 5. The number of hydrogen-bond acceptors (Lipinski definition) is 18. The summed E-state index contributed by atoms with van der Waals surface area (Å²) in [5.74, 6) is -0.470. The maximum atomic E-state index is 12.0. The number of nitrogens with one attached hydrogen (secondary N) is 1. The minimum Gasteiger partial charge on any atom is -0.394 e. The zero-order valence-electron chi connectivity index (χ0n) is 36.1. The van der Waals surface area contributed by atoms with Gasteiger partial charge in [0.05, 0.1) is 38.6 Å². The summed E-state index contributed by atoms with van der Waals surface area (Å²) in [6.45, 7) is 0.666. The van der Waals surface area contributed by atoms with Crippen LogP contribution in [0.4, 0.5) is 0 Å². The van der Waals surface area contributed by atoms with E-state index in [9.17, 15) is 61.0 Å². The molecule has 0 aromatic rings. The van der Waals surface area contributed by atoms with Gasteiger partial charge in [-0.25, -0.2) is 0 Å². The molecule has 3 rings (SSSR count). The molecule has 0 aliphatic carbocycles. The number of aliphatic hydroxyl groups is 11. The summed E-state index contributed by atoms with van der Waals surface area (Å²) in [5, 5.41) is 118. The number of unbranched alkanes of at least 4 members (excludes halogenated alkanes) is 10. The molecular weight excluding hydrogens is 818 g/mol. The Morgan fingerprint density at radius 1 is 0.565 bits per heavy atom. The molecule has 12 N–H and O–H groups in total. The van der Waals surface area contributed by atoms with Crippen molar-refractivity contribution >= 4 is 5.91 Å². The molecular formula is C43H75NO18. The molecule has 17 atom stereocenters. The predicted octanol–water partition coefficient (Wildman–Crippen LogP) is -0.923. The second-order valence-electron chi connectivity index (χ2n) is 16.2. The second kappa shape index (κ2) is 29.5. The fraction of sp³-hybridized carbons (Fsp3) is 0.837. The van der Waals surface area contributed by atoms with Gasteiger partial charge in [-0.05, 0) is 38.5 Å². The molecule has 0 aromatic heterocycles. The highest BCUT2D eigenvalue weighted by atomic mass is 16.8. The first-order chi connectivity index (χ1) is 29.8. The lowest BCUT2D eigenvalue weighted by molar-refractivity contribution is -0.379. The molecule has 0 aromatic carbocycles. The van der Waals surface area contributed by atoms with Crippen molar-refractivity contribution < 1.29 is 89.4 Å². The number of carbonyl (C=O) groups is 1. The van der Waals surface area contributed by atoms with E-state index >= 15 is 0 Å². The fourth-order valence-electron chi connectivity index (χ4n) is 7.49. The van der Waals surface area contributed by atoms with Gasteiger partial charge in [-0.15, -0.1) is 0 Å². The van der Waals surface area contributed by atoms with Crippen molar-refractivity contribution in [3.8, 4) is 0 Å². The van der Waals surface area contributed by atoms with Crippen LogP contribution in [-0.2, 0) is 33.2 Å². The van der Waals surface area contributed by atoms with Gasteiger partial charge in [0.2, 0.25) is 5.91 Å². The Bertz CT molecular complexity index is 1300. The molecule has 17 unspecified atom stereocenters. The molecule has 0 radical (unpaired) electrons. The summed E-state index contributed by atoms with van der Waals surface area (Å²) < 4.78 is 33.5. The molecule has 360 valence electrons. The van der Waals surface area contributed by atoms with Gasteiger partial charge in [-0.3, -0.25) is 4.79 Å². The first kappa shape index (κ1) is 54.3. The normalized spacial score (nSPS) is 35.5. The first-order valence-corrected chi connectivity index (χ1v) is 22.2. The van der Waals surface area contributed by atoms with E-state index in [1.807, 2.05) is 0 Å². The van der Waals surface area contributed by atoms with Gasteiger partial charge in [-0.2, -0.15) is 0 Å². The van der Waals surface area contributed by atoms with Crippen molar-refractivity contribution in [2.45, 2.75) is 202 Å². The molecule has 0 spiro atoms. The summed E-state index contributed by atoms with van der Waals surface area (Å²) in [4.78, 5) is 12.0. The number of carbonyl (C=O) groups excluding carboxylic acids is 1. The van der Waals surface area contributed by atoms with Crippen LogP contribution in [0.5, 0.6) is 0 Å². The fourth-order valence-corrected chi connectivity index (χ4v) is 7.49. The summed E-state index contributed by atoms with van der Waals surface area (Å²) >= 11 is 0. The van der Waals surface area contributed by atoms with Crippen molar-refractivity contribution in [2.75, 3.05) is 26.4 Å². The molecule has 3 fully saturated rings. The molecule has 3 heterocycles. The van der Waals surface area contributed by atoms with Crippen LogP contribution in [0.3, 0.4) is 0 Å². The minimum absolute atomic E-state index is 0.389. The third-order valence-electron chi connectivity index (χ3n) is 11.2. The Hall–Kier alpha value is -1.99. The van der Waals surface area contributed by atoms with Crippen LogP contribution in [-0.4, -0.2) is 193 Å². The number of hydrogen-bond donors (Lipinski definition) is 12. The van der Waals surface area contributed by atoms with Gasteiger partial charge < -0.3 is 89.9 Å². The SMILES string of the molecule is CCCCCCCCCC/C=C/CC/C=C/CC/C=C/C(O)C(COC1OC(CO)C(OC2OC(CO)C(OC3OC(CO)C(O)C(O)C3O)C(O)C2O)C(O)C1O)NC(C)=O. The van der Waals surface area contributed by atoms with E-state index in [1.54, 1.807) is 6.08 Å². The van der Waals surface area contributed by atoms with Crippen molar-refractivity contribution in [1.82, 2.24) is 5.32 Å². The summed E-state index contributed by atoms with van der Waals surface area (Å²) in [5.41, 5.74) is 0. The average molecular weight is 894 g/mol. The van der Waals surface area contributed by atoms with Crippen molar-refractivity contribution in [1.29, 1.82) is 0 Å². The van der Waals surface area contributed by atoms with Gasteiger partial charge in [0.25, 0.3) is 0 Å². The lowest BCUT2D eigenvalue weighted by atomic mass is 9.96. The Labute approximate surface area is 364 Å². The second-order valence-corrected chi connectivity index (χ2v) is 16.2. The molecule has 3 aliphatic heterocycles. The third kappa shape index (κ3) is 17.1. The Kier molecular flexibility index (Phi) is 25.9. The zero-order chi connectivity index (χ0) is 45.6. The number of amides is 1. The molecule has 19 nitrogen and oxygen atoms in total. The molecule has 0 bridgehead atoms. The third-order valence-corrected chi connectivity index (χ3v) is 11.2. The van der Waals surface area contributed by atoms with Crippen LogP contribution in [0.15, 0.2) is 36.5 Å². The van der Waals surface area contributed by atoms with E-state index in [-0.39, 0.29) is 6.61 Å². The van der Waals surface area contributed by atoms with Crippen LogP contribution >= 0.6 is 0 Å². The largest absolute Gasteiger partial charge is 0.394 e. The summed E-state index contributed by atoms with van der Waals surface area (Å²) in [6, 6.07) is -0.993. The van der Waals surface area contributed by atoms with Gasteiger partial charge in [0.1, 0.15) is 73.2 Å². The lowest BCUT2D eigenvalue weighted by Crippen LogP contribution is -2.66. The highest BCUT2D eigenvalue weighted by molar-refractivity contribution is 5.73. The van der Waals surface area contributed by atoms with Crippen molar-refractivity contribution in [3.05, 3.63) is 36.5 Å².